The third kappa shape index (κ3) is 6.09. The van der Waals surface area contributed by atoms with Gasteiger partial charge in [0.05, 0.1) is 0 Å². The van der Waals surface area contributed by atoms with Gasteiger partial charge in [-0.3, -0.25) is 14.7 Å². The average Bonchev–Trinajstić information content (AvgIpc) is 3.34. The van der Waals surface area contributed by atoms with Crippen LogP contribution in [-0.4, -0.2) is 38.1 Å². The van der Waals surface area contributed by atoms with E-state index >= 15 is 4.39 Å². The van der Waals surface area contributed by atoms with Crippen molar-refractivity contribution in [2.75, 3.05) is 10.6 Å². The lowest BCUT2D eigenvalue weighted by Gasteiger charge is -2.14. The van der Waals surface area contributed by atoms with E-state index in [2.05, 4.69) is 25.8 Å². The van der Waals surface area contributed by atoms with Crippen LogP contribution in [0.3, 0.4) is 0 Å². The van der Waals surface area contributed by atoms with Crippen LogP contribution in [0.4, 0.5) is 29.1 Å². The Bertz CT molecular complexity index is 1820. The number of nitrogens with one attached hydrogen (secondary N) is 3. The SMILES string of the molecule is CC(CC(F)F)Nc1n[nH]c2nccc(Oc3ccc(NC(=O)c4cn(C)cc(-c5ccc(F)cc5)c4=O)cc3F)c12. The molecule has 9 nitrogen and oxygen atoms in total. The summed E-state index contributed by atoms with van der Waals surface area (Å²) in [4.78, 5) is 30.2. The highest BCUT2D eigenvalue weighted by Gasteiger charge is 2.20. The van der Waals surface area contributed by atoms with Gasteiger partial charge in [-0.25, -0.2) is 22.5 Å². The third-order valence-corrected chi connectivity index (χ3v) is 6.30. The first-order chi connectivity index (χ1) is 20.1. The van der Waals surface area contributed by atoms with Crippen molar-refractivity contribution in [2.45, 2.75) is 25.8 Å². The number of hydrogen-bond acceptors (Lipinski definition) is 6. The molecule has 1 atom stereocenters. The second-order valence-electron chi connectivity index (χ2n) is 9.57. The van der Waals surface area contributed by atoms with E-state index in [1.165, 1.54) is 65.6 Å². The van der Waals surface area contributed by atoms with Crippen LogP contribution >= 0.6 is 0 Å². The number of aromatic nitrogens is 4. The van der Waals surface area contributed by atoms with Crippen molar-refractivity contribution in [2.24, 2.45) is 7.05 Å². The highest BCUT2D eigenvalue weighted by Crippen LogP contribution is 2.35. The van der Waals surface area contributed by atoms with E-state index in [4.69, 9.17) is 4.74 Å². The fraction of sp³-hybridized carbons (Fsp3) is 0.172. The molecule has 5 rings (SSSR count). The quantitative estimate of drug-likeness (QED) is 0.182. The molecule has 1 amide bonds. The molecule has 3 aromatic heterocycles. The number of fused-ring (bicyclic) bond motifs is 1. The Hall–Kier alpha value is -5.20. The summed E-state index contributed by atoms with van der Waals surface area (Å²) >= 11 is 0. The molecule has 5 aromatic rings. The Morgan fingerprint density at radius 1 is 1.07 bits per heavy atom. The van der Waals surface area contributed by atoms with Crippen molar-refractivity contribution < 1.29 is 27.1 Å². The number of carbonyl (C=O) groups is 1. The zero-order chi connectivity index (χ0) is 30.0. The van der Waals surface area contributed by atoms with Gasteiger partial charge in [0.25, 0.3) is 5.91 Å². The van der Waals surface area contributed by atoms with Gasteiger partial charge in [-0.15, -0.1) is 0 Å². The molecule has 42 heavy (non-hydrogen) atoms. The van der Waals surface area contributed by atoms with Crippen molar-refractivity contribution in [3.05, 3.63) is 94.5 Å². The number of anilines is 2. The molecule has 0 radical (unpaired) electrons. The van der Waals surface area contributed by atoms with E-state index in [9.17, 15) is 22.8 Å². The molecule has 0 saturated heterocycles. The first-order valence-electron chi connectivity index (χ1n) is 12.7. The van der Waals surface area contributed by atoms with Gasteiger partial charge < -0.3 is 19.9 Å². The molecule has 0 saturated carbocycles. The van der Waals surface area contributed by atoms with Gasteiger partial charge in [0.2, 0.25) is 11.9 Å². The van der Waals surface area contributed by atoms with Crippen molar-refractivity contribution in [3.8, 4) is 22.6 Å². The first kappa shape index (κ1) is 28.3. The van der Waals surface area contributed by atoms with Crippen molar-refractivity contribution in [1.82, 2.24) is 19.7 Å². The van der Waals surface area contributed by atoms with Crippen LogP contribution in [0.2, 0.25) is 0 Å². The molecule has 216 valence electrons. The second-order valence-corrected chi connectivity index (χ2v) is 9.57. The minimum atomic E-state index is -2.51. The van der Waals surface area contributed by atoms with Gasteiger partial charge >= 0.3 is 0 Å². The van der Waals surface area contributed by atoms with Crippen LogP contribution in [0.5, 0.6) is 11.5 Å². The molecule has 2 aromatic carbocycles. The molecule has 3 heterocycles. The number of H-pyrrole nitrogens is 1. The Kier molecular flexibility index (Phi) is 7.91. The van der Waals surface area contributed by atoms with Crippen LogP contribution in [-0.2, 0) is 7.05 Å². The summed E-state index contributed by atoms with van der Waals surface area (Å²) in [6, 6.07) is 9.86. The molecule has 3 N–H and O–H groups in total. The summed E-state index contributed by atoms with van der Waals surface area (Å²) in [5.74, 6) is -1.87. The number of alkyl halides is 2. The molecular formula is C29H24F4N6O3. The van der Waals surface area contributed by atoms with Crippen LogP contribution in [0.1, 0.15) is 23.7 Å². The highest BCUT2D eigenvalue weighted by molar-refractivity contribution is 6.04. The molecule has 0 fully saturated rings. The molecular weight excluding hydrogens is 556 g/mol. The molecule has 0 aliphatic carbocycles. The summed E-state index contributed by atoms with van der Waals surface area (Å²) in [6.45, 7) is 1.57. The highest BCUT2D eigenvalue weighted by atomic mass is 19.3. The lowest BCUT2D eigenvalue weighted by atomic mass is 10.0. The number of hydrogen-bond donors (Lipinski definition) is 3. The smallest absolute Gasteiger partial charge is 0.261 e. The van der Waals surface area contributed by atoms with Crippen molar-refractivity contribution in [3.63, 3.8) is 0 Å². The standard InChI is InChI=1S/C29H24F4N6O3/c1-15(11-24(32)33)35-28-25-23(9-10-34-27(25)37-38-28)42-22-8-7-18(12-21(22)31)36-29(41)20-14-39(2)13-19(26(20)40)16-3-5-17(30)6-4-16/h3-10,12-15,24H,11H2,1-2H3,(H,36,41)(H2,34,35,37,38). The fourth-order valence-electron chi connectivity index (χ4n) is 4.35. The molecule has 13 heteroatoms. The van der Waals surface area contributed by atoms with E-state index in [1.807, 2.05) is 0 Å². The minimum absolute atomic E-state index is 0.0606. The Morgan fingerprint density at radius 2 is 1.83 bits per heavy atom. The van der Waals surface area contributed by atoms with E-state index in [-0.39, 0.29) is 34.1 Å². The fourth-order valence-corrected chi connectivity index (χ4v) is 4.35. The van der Waals surface area contributed by atoms with Crippen molar-refractivity contribution in [1.29, 1.82) is 0 Å². The lowest BCUT2D eigenvalue weighted by Crippen LogP contribution is -2.24. The maximum Gasteiger partial charge on any atom is 0.261 e. The minimum Gasteiger partial charge on any atom is -0.453 e. The number of aryl methyl sites for hydroxylation is 1. The number of ether oxygens (including phenoxy) is 1. The Balaban J connectivity index is 1.37. The number of rotatable bonds is 9. The summed E-state index contributed by atoms with van der Waals surface area (Å²) in [5, 5.41) is 12.5. The maximum atomic E-state index is 15.1. The number of carbonyl (C=O) groups excluding carboxylic acids is 1. The van der Waals surface area contributed by atoms with Crippen molar-refractivity contribution >= 4 is 28.4 Å². The predicted octanol–water partition coefficient (Wildman–Crippen LogP) is 6.10. The second kappa shape index (κ2) is 11.7. The van der Waals surface area contributed by atoms with Gasteiger partial charge in [0, 0.05) is 61.5 Å². The van der Waals surface area contributed by atoms with Crippen LogP contribution < -0.4 is 20.8 Å². The summed E-state index contributed by atoms with van der Waals surface area (Å²) in [7, 11) is 1.63. The molecule has 1 unspecified atom stereocenters. The molecule has 0 aliphatic heterocycles. The lowest BCUT2D eigenvalue weighted by molar-refractivity contribution is 0.102. The maximum absolute atomic E-state index is 15.1. The third-order valence-electron chi connectivity index (χ3n) is 6.30. The first-order valence-corrected chi connectivity index (χ1v) is 12.7. The number of nitrogens with zero attached hydrogens (tertiary/aromatic N) is 3. The van der Waals surface area contributed by atoms with Crippen LogP contribution in [0.15, 0.2) is 71.9 Å². The summed E-state index contributed by atoms with van der Waals surface area (Å²) in [6.07, 6.45) is 1.35. The Labute approximate surface area is 236 Å². The van der Waals surface area contributed by atoms with Crippen LogP contribution in [0.25, 0.3) is 22.2 Å². The van der Waals surface area contributed by atoms with E-state index in [1.54, 1.807) is 14.0 Å². The van der Waals surface area contributed by atoms with Gasteiger partial charge in [-0.2, -0.15) is 5.10 Å². The molecule has 0 aliphatic rings. The zero-order valence-electron chi connectivity index (χ0n) is 22.3. The summed E-state index contributed by atoms with van der Waals surface area (Å²) in [5.41, 5.74) is 0.217. The zero-order valence-corrected chi connectivity index (χ0v) is 22.3. The average molecular weight is 581 g/mol. The van der Waals surface area contributed by atoms with Crippen LogP contribution in [0, 0.1) is 11.6 Å². The number of pyridine rings is 2. The molecule has 0 bridgehead atoms. The van der Waals surface area contributed by atoms with Gasteiger partial charge in [-0.05, 0) is 36.8 Å². The number of aromatic amines is 1. The number of benzene rings is 2. The van der Waals surface area contributed by atoms with Gasteiger partial charge in [0.1, 0.15) is 22.5 Å². The number of halogens is 4. The Morgan fingerprint density at radius 3 is 2.55 bits per heavy atom. The molecule has 0 spiro atoms. The van der Waals surface area contributed by atoms with Gasteiger partial charge in [-0.1, -0.05) is 12.1 Å². The monoisotopic (exact) mass is 580 g/mol. The number of amides is 1. The van der Waals surface area contributed by atoms with E-state index in [0.29, 0.717) is 16.6 Å². The summed E-state index contributed by atoms with van der Waals surface area (Å²) < 4.78 is 61.3. The topological polar surface area (TPSA) is 114 Å². The normalized spacial score (nSPS) is 12.0. The van der Waals surface area contributed by atoms with Gasteiger partial charge in [0.15, 0.2) is 23.0 Å². The van der Waals surface area contributed by atoms with E-state index in [0.717, 1.165) is 6.07 Å². The van der Waals surface area contributed by atoms with E-state index < -0.39 is 41.9 Å². The predicted molar refractivity (Wildman–Crippen MR) is 149 cm³/mol. The largest absolute Gasteiger partial charge is 0.453 e.